The smallest absolute Gasteiger partial charge is 0.297 e. The van der Waals surface area contributed by atoms with Gasteiger partial charge in [0.2, 0.25) is 0 Å². The first-order chi connectivity index (χ1) is 8.50. The van der Waals surface area contributed by atoms with Crippen molar-refractivity contribution in [3.63, 3.8) is 0 Å². The van der Waals surface area contributed by atoms with Gasteiger partial charge in [0.15, 0.2) is 5.78 Å². The van der Waals surface area contributed by atoms with Crippen LogP contribution in [0.25, 0.3) is 10.1 Å². The summed E-state index contributed by atoms with van der Waals surface area (Å²) in [6, 6.07) is 6.93. The van der Waals surface area contributed by atoms with E-state index in [1.165, 1.54) is 0 Å². The Morgan fingerprint density at radius 1 is 1.28 bits per heavy atom. The number of rotatable bonds is 3. The number of aromatic nitrogens is 1. The summed E-state index contributed by atoms with van der Waals surface area (Å²) in [5.41, 5.74) is -0.386. The average Bonchev–Trinajstić information content (AvgIpc) is 2.34. The third-order valence-electron chi connectivity index (χ3n) is 2.74. The van der Waals surface area contributed by atoms with E-state index in [2.05, 4.69) is 0 Å². The lowest BCUT2D eigenvalue weighted by atomic mass is 10.1. The van der Waals surface area contributed by atoms with Crippen LogP contribution < -0.4 is 10.4 Å². The molecule has 0 radical (unpaired) electrons. The minimum absolute atomic E-state index is 0.114. The maximum Gasteiger partial charge on any atom is 0.310 e. The number of carbonyl (C=O) groups excluding carboxylic acids is 1. The summed E-state index contributed by atoms with van der Waals surface area (Å²) >= 11 is 0.991. The average molecular weight is 263 g/mol. The van der Waals surface area contributed by atoms with Crippen molar-refractivity contribution in [2.45, 2.75) is 20.4 Å². The fourth-order valence-electron chi connectivity index (χ4n) is 1.58. The fourth-order valence-corrected chi connectivity index (χ4v) is 2.44. The molecule has 0 saturated carbocycles. The Morgan fingerprint density at radius 2 is 1.94 bits per heavy atom. The minimum Gasteiger partial charge on any atom is -0.297 e. The molecular weight excluding hydrogens is 250 g/mol. The lowest BCUT2D eigenvalue weighted by Crippen LogP contribution is -2.34. The van der Waals surface area contributed by atoms with Crippen LogP contribution >= 0.6 is 11.3 Å². The number of benzene rings is 1. The Morgan fingerprint density at radius 3 is 2.61 bits per heavy atom. The predicted octanol–water partition coefficient (Wildman–Crippen LogP) is 1.65. The van der Waals surface area contributed by atoms with Gasteiger partial charge in [-0.25, -0.2) is 0 Å². The first-order valence-electron chi connectivity index (χ1n) is 5.66. The summed E-state index contributed by atoms with van der Waals surface area (Å²) in [6.45, 7) is 3.36. The molecule has 0 bridgehead atoms. The molecule has 0 aliphatic heterocycles. The molecule has 2 aromatic rings. The zero-order valence-electron chi connectivity index (χ0n) is 10.2. The van der Waals surface area contributed by atoms with Crippen LogP contribution in [0.4, 0.5) is 0 Å². The zero-order valence-corrected chi connectivity index (χ0v) is 11.0. The Balaban J connectivity index is 2.62. The van der Waals surface area contributed by atoms with Gasteiger partial charge < -0.3 is 0 Å². The highest BCUT2D eigenvalue weighted by Crippen LogP contribution is 2.10. The van der Waals surface area contributed by atoms with Crippen molar-refractivity contribution >= 4 is 27.2 Å². The Bertz CT molecular complexity index is 712. The Kier molecular flexibility index (Phi) is 3.43. The van der Waals surface area contributed by atoms with Gasteiger partial charge in [0.25, 0.3) is 5.56 Å². The van der Waals surface area contributed by atoms with E-state index < -0.39 is 0 Å². The van der Waals surface area contributed by atoms with E-state index in [9.17, 15) is 14.4 Å². The summed E-state index contributed by atoms with van der Waals surface area (Å²) in [6.07, 6.45) is 0. The molecule has 1 aromatic heterocycles. The van der Waals surface area contributed by atoms with E-state index in [4.69, 9.17) is 0 Å². The van der Waals surface area contributed by atoms with E-state index in [0.29, 0.717) is 10.1 Å². The summed E-state index contributed by atoms with van der Waals surface area (Å²) in [5.74, 6) is -0.301. The van der Waals surface area contributed by atoms with E-state index >= 15 is 0 Å². The van der Waals surface area contributed by atoms with Crippen molar-refractivity contribution in [2.24, 2.45) is 5.92 Å². The van der Waals surface area contributed by atoms with E-state index in [0.717, 1.165) is 15.9 Å². The Hall–Kier alpha value is -1.75. The molecular formula is C13H13NO3S. The molecule has 0 amide bonds. The molecule has 0 aliphatic rings. The first kappa shape index (κ1) is 12.7. The SMILES string of the molecule is CC(C)C(=O)Cn1c(=O)sc2ccccc2c1=O. The third kappa shape index (κ3) is 2.26. The van der Waals surface area contributed by atoms with Crippen LogP contribution in [0.1, 0.15) is 13.8 Å². The monoisotopic (exact) mass is 263 g/mol. The number of hydrogen-bond acceptors (Lipinski definition) is 4. The highest BCUT2D eigenvalue weighted by molar-refractivity contribution is 7.16. The third-order valence-corrected chi connectivity index (χ3v) is 3.71. The second-order valence-corrected chi connectivity index (χ2v) is 5.37. The van der Waals surface area contributed by atoms with Crippen molar-refractivity contribution in [3.8, 4) is 0 Å². The molecule has 18 heavy (non-hydrogen) atoms. The van der Waals surface area contributed by atoms with Crippen molar-refractivity contribution in [1.29, 1.82) is 0 Å². The second-order valence-electron chi connectivity index (χ2n) is 4.38. The summed E-state index contributed by atoms with van der Waals surface area (Å²) in [7, 11) is 0. The maximum atomic E-state index is 12.1. The van der Waals surface area contributed by atoms with Gasteiger partial charge in [-0.15, -0.1) is 0 Å². The van der Waals surface area contributed by atoms with Gasteiger partial charge in [-0.05, 0) is 12.1 Å². The van der Waals surface area contributed by atoms with Crippen LogP contribution in [0, 0.1) is 5.92 Å². The van der Waals surface area contributed by atoms with E-state index in [-0.39, 0.29) is 28.7 Å². The number of ketones is 1. The van der Waals surface area contributed by atoms with Gasteiger partial charge in [-0.2, -0.15) is 0 Å². The number of fused-ring (bicyclic) bond motifs is 1. The number of carbonyl (C=O) groups is 1. The summed E-state index contributed by atoms with van der Waals surface area (Å²) in [5, 5.41) is 0.485. The molecule has 0 spiro atoms. The lowest BCUT2D eigenvalue weighted by molar-refractivity contribution is -0.122. The molecule has 0 atom stereocenters. The molecule has 0 aliphatic carbocycles. The number of hydrogen-bond donors (Lipinski definition) is 0. The standard InChI is InChI=1S/C13H13NO3S/c1-8(2)10(15)7-14-12(16)9-5-3-4-6-11(9)18-13(14)17/h3-6,8H,7H2,1-2H3. The van der Waals surface area contributed by atoms with Gasteiger partial charge >= 0.3 is 4.87 Å². The quantitative estimate of drug-likeness (QED) is 0.846. The first-order valence-corrected chi connectivity index (χ1v) is 6.47. The van der Waals surface area contributed by atoms with E-state index in [1.54, 1.807) is 38.1 Å². The molecule has 1 heterocycles. The van der Waals surface area contributed by atoms with Crippen LogP contribution in [-0.2, 0) is 11.3 Å². The van der Waals surface area contributed by atoms with Crippen molar-refractivity contribution in [2.75, 3.05) is 0 Å². The molecule has 1 aromatic carbocycles. The highest BCUT2D eigenvalue weighted by atomic mass is 32.1. The van der Waals surface area contributed by atoms with Crippen molar-refractivity contribution in [1.82, 2.24) is 4.57 Å². The van der Waals surface area contributed by atoms with Gasteiger partial charge in [0.05, 0.1) is 11.9 Å². The van der Waals surface area contributed by atoms with Crippen molar-refractivity contribution in [3.05, 3.63) is 44.3 Å². The van der Waals surface area contributed by atoms with Crippen LogP contribution in [0.5, 0.6) is 0 Å². The van der Waals surface area contributed by atoms with Crippen LogP contribution in [-0.4, -0.2) is 10.4 Å². The molecule has 0 unspecified atom stereocenters. The molecule has 4 nitrogen and oxygen atoms in total. The largest absolute Gasteiger partial charge is 0.310 e. The molecule has 0 N–H and O–H groups in total. The van der Waals surface area contributed by atoms with E-state index in [1.807, 2.05) is 0 Å². The molecule has 94 valence electrons. The normalized spacial score (nSPS) is 11.1. The van der Waals surface area contributed by atoms with Gasteiger partial charge in [0.1, 0.15) is 0 Å². The Labute approximate surface area is 108 Å². The van der Waals surface area contributed by atoms with Crippen LogP contribution in [0.3, 0.4) is 0 Å². The van der Waals surface area contributed by atoms with Crippen molar-refractivity contribution < 1.29 is 4.79 Å². The van der Waals surface area contributed by atoms with Gasteiger partial charge in [0, 0.05) is 10.6 Å². The van der Waals surface area contributed by atoms with Gasteiger partial charge in [-0.1, -0.05) is 37.3 Å². The highest BCUT2D eigenvalue weighted by Gasteiger charge is 2.13. The maximum absolute atomic E-state index is 12.1. The second kappa shape index (κ2) is 4.86. The fraction of sp³-hybridized carbons (Fsp3) is 0.308. The topological polar surface area (TPSA) is 56.1 Å². The molecule has 5 heteroatoms. The summed E-state index contributed by atoms with van der Waals surface area (Å²) < 4.78 is 1.68. The van der Waals surface area contributed by atoms with Gasteiger partial charge in [-0.3, -0.25) is 19.0 Å². The number of Topliss-reactive ketones (excluding diaryl/α,β-unsaturated/α-hetero) is 1. The minimum atomic E-state index is -0.386. The van der Waals surface area contributed by atoms with Crippen LogP contribution in [0.15, 0.2) is 33.9 Å². The van der Waals surface area contributed by atoms with Crippen LogP contribution in [0.2, 0.25) is 0 Å². The zero-order chi connectivity index (χ0) is 13.3. The molecule has 0 saturated heterocycles. The lowest BCUT2D eigenvalue weighted by Gasteiger charge is -2.06. The number of nitrogens with zero attached hydrogens (tertiary/aromatic N) is 1. The molecule has 0 fully saturated rings. The molecule has 2 rings (SSSR count). The summed E-state index contributed by atoms with van der Waals surface area (Å²) in [4.78, 5) is 35.2. The predicted molar refractivity (Wildman–Crippen MR) is 72.2 cm³/mol.